The van der Waals surface area contributed by atoms with Gasteiger partial charge in [-0.05, 0) is 32.4 Å². The number of carbonyl (C=O) groups is 1. The minimum Gasteiger partial charge on any atom is -0.492 e. The van der Waals surface area contributed by atoms with Gasteiger partial charge in [-0.2, -0.15) is 0 Å². The number of fused-ring (bicyclic) bond motifs is 1. The lowest BCUT2D eigenvalue weighted by atomic mass is 10.1. The molecule has 1 aliphatic rings. The van der Waals surface area contributed by atoms with E-state index in [1.165, 1.54) is 0 Å². The third kappa shape index (κ3) is 3.67. The maximum atomic E-state index is 12.2. The van der Waals surface area contributed by atoms with E-state index in [4.69, 9.17) is 18.9 Å². The summed E-state index contributed by atoms with van der Waals surface area (Å²) >= 11 is 0. The minimum absolute atomic E-state index is 0.0424. The molecule has 5 heteroatoms. The summed E-state index contributed by atoms with van der Waals surface area (Å²) in [5.74, 6) is 0.672. The summed E-state index contributed by atoms with van der Waals surface area (Å²) in [4.78, 5) is 12.2. The Hall–Kier alpha value is -1.75. The third-order valence-electron chi connectivity index (χ3n) is 3.22. The van der Waals surface area contributed by atoms with E-state index in [1.54, 1.807) is 13.0 Å². The molecule has 0 saturated carbocycles. The van der Waals surface area contributed by atoms with Crippen molar-refractivity contribution >= 4 is 5.97 Å². The average Bonchev–Trinajstić information content (AvgIpc) is 2.93. The van der Waals surface area contributed by atoms with E-state index in [0.29, 0.717) is 43.5 Å². The van der Waals surface area contributed by atoms with Gasteiger partial charge in [0.15, 0.2) is 0 Å². The average molecular weight is 294 g/mol. The molecular formula is C16H22O5. The van der Waals surface area contributed by atoms with Gasteiger partial charge in [-0.3, -0.25) is 0 Å². The largest absolute Gasteiger partial charge is 0.492 e. The van der Waals surface area contributed by atoms with Crippen molar-refractivity contribution in [1.82, 2.24) is 0 Å². The van der Waals surface area contributed by atoms with Crippen molar-refractivity contribution in [1.29, 1.82) is 0 Å². The lowest BCUT2D eigenvalue weighted by Gasteiger charge is -2.16. The van der Waals surface area contributed by atoms with Crippen molar-refractivity contribution in [2.75, 3.05) is 26.4 Å². The zero-order chi connectivity index (χ0) is 15.2. The van der Waals surface area contributed by atoms with Crippen molar-refractivity contribution in [2.45, 2.75) is 33.3 Å². The van der Waals surface area contributed by atoms with Crippen molar-refractivity contribution in [2.24, 2.45) is 0 Å². The lowest BCUT2D eigenvalue weighted by Crippen LogP contribution is -2.19. The van der Waals surface area contributed by atoms with E-state index < -0.39 is 5.97 Å². The van der Waals surface area contributed by atoms with Gasteiger partial charge in [0.25, 0.3) is 0 Å². The molecule has 0 fully saturated rings. The molecular weight excluding hydrogens is 272 g/mol. The second-order valence-corrected chi connectivity index (χ2v) is 4.82. The maximum Gasteiger partial charge on any atom is 0.345 e. The Morgan fingerprint density at radius 1 is 1.33 bits per heavy atom. The minimum atomic E-state index is -0.407. The van der Waals surface area contributed by atoms with Crippen molar-refractivity contribution < 1.29 is 23.7 Å². The van der Waals surface area contributed by atoms with Crippen LogP contribution < -0.4 is 9.47 Å². The molecule has 1 aromatic carbocycles. The first-order valence-electron chi connectivity index (χ1n) is 7.37. The predicted molar refractivity (Wildman–Crippen MR) is 78.2 cm³/mol. The summed E-state index contributed by atoms with van der Waals surface area (Å²) in [5.41, 5.74) is 1.40. The third-order valence-corrected chi connectivity index (χ3v) is 3.22. The van der Waals surface area contributed by atoms with Crippen LogP contribution in [0.4, 0.5) is 0 Å². The van der Waals surface area contributed by atoms with Crippen molar-refractivity contribution in [3.05, 3.63) is 23.3 Å². The zero-order valence-corrected chi connectivity index (χ0v) is 12.8. The summed E-state index contributed by atoms with van der Waals surface area (Å²) < 4.78 is 21.9. The molecule has 2 rings (SSSR count). The van der Waals surface area contributed by atoms with Crippen LogP contribution in [0, 0.1) is 0 Å². The molecule has 0 N–H and O–H groups in total. The fourth-order valence-electron chi connectivity index (χ4n) is 2.29. The molecule has 0 bridgehead atoms. The maximum absolute atomic E-state index is 12.2. The highest BCUT2D eigenvalue weighted by Gasteiger charge is 2.26. The van der Waals surface area contributed by atoms with Gasteiger partial charge in [-0.25, -0.2) is 4.79 Å². The first-order valence-corrected chi connectivity index (χ1v) is 7.37. The number of esters is 1. The Kier molecular flexibility index (Phi) is 5.44. The van der Waals surface area contributed by atoms with Crippen LogP contribution in [0.15, 0.2) is 12.1 Å². The van der Waals surface area contributed by atoms with E-state index in [0.717, 1.165) is 12.0 Å². The van der Waals surface area contributed by atoms with Gasteiger partial charge < -0.3 is 18.9 Å². The topological polar surface area (TPSA) is 54.0 Å². The predicted octanol–water partition coefficient (Wildman–Crippen LogP) is 2.60. The Labute approximate surface area is 125 Å². The van der Waals surface area contributed by atoms with Crippen molar-refractivity contribution in [3.63, 3.8) is 0 Å². The summed E-state index contributed by atoms with van der Waals surface area (Å²) in [6, 6.07) is 3.74. The normalized spacial score (nSPS) is 14.2. The fraction of sp³-hybridized carbons (Fsp3) is 0.562. The van der Waals surface area contributed by atoms with Gasteiger partial charge in [0.2, 0.25) is 0 Å². The van der Waals surface area contributed by atoms with Gasteiger partial charge in [-0.15, -0.1) is 0 Å². The molecule has 1 aromatic rings. The smallest absolute Gasteiger partial charge is 0.345 e. The van der Waals surface area contributed by atoms with Crippen LogP contribution in [0.5, 0.6) is 11.5 Å². The van der Waals surface area contributed by atoms with Crippen LogP contribution in [0.3, 0.4) is 0 Å². The Balaban J connectivity index is 2.22. The fourth-order valence-corrected chi connectivity index (χ4v) is 2.29. The zero-order valence-electron chi connectivity index (χ0n) is 12.8. The second-order valence-electron chi connectivity index (χ2n) is 4.82. The molecule has 1 heterocycles. The number of hydrogen-bond acceptors (Lipinski definition) is 5. The molecule has 21 heavy (non-hydrogen) atoms. The first-order chi connectivity index (χ1) is 10.2. The lowest BCUT2D eigenvalue weighted by molar-refractivity contribution is 0.0379. The van der Waals surface area contributed by atoms with E-state index in [2.05, 4.69) is 0 Å². The number of benzene rings is 1. The SMILES string of the molecule is CCOC(=O)c1c(OCC(C)OCC)ccc2c1OCC2. The number of rotatable bonds is 7. The number of hydrogen-bond donors (Lipinski definition) is 0. The first kappa shape index (κ1) is 15.6. The van der Waals surface area contributed by atoms with Gasteiger partial charge in [-0.1, -0.05) is 6.07 Å². The van der Waals surface area contributed by atoms with E-state index in [1.807, 2.05) is 19.9 Å². The quantitative estimate of drug-likeness (QED) is 0.724. The monoisotopic (exact) mass is 294 g/mol. The van der Waals surface area contributed by atoms with E-state index in [9.17, 15) is 4.79 Å². The molecule has 5 nitrogen and oxygen atoms in total. The van der Waals surface area contributed by atoms with Gasteiger partial charge in [0.1, 0.15) is 23.7 Å². The molecule has 0 saturated heterocycles. The van der Waals surface area contributed by atoms with Gasteiger partial charge >= 0.3 is 5.97 Å². The number of carbonyl (C=O) groups excluding carboxylic acids is 1. The van der Waals surface area contributed by atoms with Crippen LogP contribution in [0.25, 0.3) is 0 Å². The van der Waals surface area contributed by atoms with Crippen LogP contribution in [0.2, 0.25) is 0 Å². The summed E-state index contributed by atoms with van der Waals surface area (Å²) in [7, 11) is 0. The highest BCUT2D eigenvalue weighted by atomic mass is 16.5. The molecule has 0 radical (unpaired) electrons. The molecule has 0 aromatic heterocycles. The van der Waals surface area contributed by atoms with Crippen LogP contribution >= 0.6 is 0 Å². The second kappa shape index (κ2) is 7.31. The van der Waals surface area contributed by atoms with Crippen LogP contribution in [-0.4, -0.2) is 38.5 Å². The summed E-state index contributed by atoms with van der Waals surface area (Å²) in [6.45, 7) is 7.54. The highest BCUT2D eigenvalue weighted by molar-refractivity contribution is 5.96. The van der Waals surface area contributed by atoms with Crippen molar-refractivity contribution in [3.8, 4) is 11.5 Å². The molecule has 0 amide bonds. The molecule has 1 unspecified atom stereocenters. The Bertz CT molecular complexity index is 498. The van der Waals surface area contributed by atoms with Gasteiger partial charge in [0, 0.05) is 13.0 Å². The summed E-state index contributed by atoms with van der Waals surface area (Å²) in [6.07, 6.45) is 0.761. The van der Waals surface area contributed by atoms with Crippen LogP contribution in [-0.2, 0) is 15.9 Å². The molecule has 1 atom stereocenters. The molecule has 1 aliphatic heterocycles. The van der Waals surface area contributed by atoms with E-state index >= 15 is 0 Å². The molecule has 0 aliphatic carbocycles. The summed E-state index contributed by atoms with van der Waals surface area (Å²) in [5, 5.41) is 0. The number of ether oxygens (including phenoxy) is 4. The Morgan fingerprint density at radius 2 is 2.14 bits per heavy atom. The van der Waals surface area contributed by atoms with Crippen LogP contribution in [0.1, 0.15) is 36.7 Å². The van der Waals surface area contributed by atoms with E-state index in [-0.39, 0.29) is 6.10 Å². The standard InChI is InChI=1S/C16H22O5/c1-4-18-11(3)10-21-13-7-6-12-8-9-20-15(12)14(13)16(17)19-5-2/h6-7,11H,4-5,8-10H2,1-3H3. The molecule has 116 valence electrons. The molecule has 0 spiro atoms. The highest BCUT2D eigenvalue weighted by Crippen LogP contribution is 2.36. The Morgan fingerprint density at radius 3 is 2.86 bits per heavy atom. The van der Waals surface area contributed by atoms with Gasteiger partial charge in [0.05, 0.1) is 19.3 Å².